The van der Waals surface area contributed by atoms with Crippen molar-refractivity contribution in [3.63, 3.8) is 0 Å². The smallest absolute Gasteiger partial charge is 0.255 e. The molecule has 2 heterocycles. The van der Waals surface area contributed by atoms with Crippen LogP contribution in [0.1, 0.15) is 5.76 Å². The summed E-state index contributed by atoms with van der Waals surface area (Å²) in [6.45, 7) is 0. The van der Waals surface area contributed by atoms with Crippen molar-refractivity contribution in [2.24, 2.45) is 0 Å². The number of halogens is 2. The zero-order valence-corrected chi connectivity index (χ0v) is 19.2. The third-order valence-electron chi connectivity index (χ3n) is 4.86. The molecule has 3 aromatic carbocycles. The van der Waals surface area contributed by atoms with Crippen molar-refractivity contribution in [3.8, 4) is 11.3 Å². The molecule has 0 fully saturated rings. The van der Waals surface area contributed by atoms with E-state index in [-0.39, 0.29) is 5.91 Å². The lowest BCUT2D eigenvalue weighted by molar-refractivity contribution is -0.113. The Kier molecular flexibility index (Phi) is 5.48. The first-order valence-electron chi connectivity index (χ1n) is 9.53. The van der Waals surface area contributed by atoms with Gasteiger partial charge in [-0.3, -0.25) is 9.69 Å². The molecule has 0 spiro atoms. The number of nitrogens with zero attached hydrogens (tertiary/aromatic N) is 1. The van der Waals surface area contributed by atoms with Gasteiger partial charge >= 0.3 is 0 Å². The number of carbonyl (C=O) groups is 1. The molecule has 0 saturated carbocycles. The van der Waals surface area contributed by atoms with Crippen LogP contribution in [-0.4, -0.2) is 5.91 Å². The number of amides is 1. The fraction of sp³-hybridized carbons (Fsp3) is 0. The molecule has 5 rings (SSSR count). The summed E-state index contributed by atoms with van der Waals surface area (Å²) in [4.78, 5) is 17.0. The zero-order chi connectivity index (χ0) is 21.4. The Balaban J connectivity index is 1.47. The Bertz CT molecular complexity index is 1330. The van der Waals surface area contributed by atoms with Crippen LogP contribution in [-0.2, 0) is 4.79 Å². The molecule has 0 radical (unpaired) electrons. The van der Waals surface area contributed by atoms with E-state index >= 15 is 0 Å². The average Bonchev–Trinajstić information content (AvgIpc) is 3.25. The zero-order valence-electron chi connectivity index (χ0n) is 16.1. The molecule has 1 aliphatic rings. The van der Waals surface area contributed by atoms with Crippen LogP contribution in [0.25, 0.3) is 17.4 Å². The Labute approximate surface area is 197 Å². The van der Waals surface area contributed by atoms with Crippen LogP contribution in [0.4, 0.5) is 11.4 Å². The van der Waals surface area contributed by atoms with Gasteiger partial charge in [-0.15, -0.1) is 0 Å². The number of carbonyl (C=O) groups excluding carboxylic acids is 1. The van der Waals surface area contributed by atoms with Gasteiger partial charge in [0, 0.05) is 30.9 Å². The van der Waals surface area contributed by atoms with E-state index in [4.69, 9.17) is 16.0 Å². The number of rotatable bonds is 3. The number of furan rings is 1. The topological polar surface area (TPSA) is 33.5 Å². The second-order valence-electron chi connectivity index (χ2n) is 6.87. The molecule has 6 heteroatoms. The van der Waals surface area contributed by atoms with E-state index < -0.39 is 0 Å². The first kappa shape index (κ1) is 20.2. The van der Waals surface area contributed by atoms with E-state index in [2.05, 4.69) is 15.9 Å². The van der Waals surface area contributed by atoms with Gasteiger partial charge in [-0.2, -0.15) is 0 Å². The number of hydrogen-bond donors (Lipinski definition) is 0. The Morgan fingerprint density at radius 1 is 0.935 bits per heavy atom. The van der Waals surface area contributed by atoms with Crippen LogP contribution in [0.3, 0.4) is 0 Å². The minimum Gasteiger partial charge on any atom is -0.457 e. The average molecular weight is 509 g/mol. The largest absolute Gasteiger partial charge is 0.457 e. The minimum atomic E-state index is -0.171. The highest BCUT2D eigenvalue weighted by Crippen LogP contribution is 2.48. The molecular weight excluding hydrogens is 494 g/mol. The van der Waals surface area contributed by atoms with Crippen molar-refractivity contribution in [1.29, 1.82) is 0 Å². The number of hydrogen-bond acceptors (Lipinski definition) is 3. The molecule has 0 unspecified atom stereocenters. The van der Waals surface area contributed by atoms with Crippen LogP contribution < -0.4 is 4.90 Å². The highest BCUT2D eigenvalue weighted by atomic mass is 79.9. The van der Waals surface area contributed by atoms with Gasteiger partial charge in [0.05, 0.1) is 11.4 Å². The van der Waals surface area contributed by atoms with Crippen molar-refractivity contribution in [1.82, 2.24) is 0 Å². The van der Waals surface area contributed by atoms with Crippen molar-refractivity contribution < 1.29 is 9.21 Å². The van der Waals surface area contributed by atoms with Crippen molar-refractivity contribution >= 4 is 62.7 Å². The predicted molar refractivity (Wildman–Crippen MR) is 130 cm³/mol. The first-order chi connectivity index (χ1) is 15.1. The van der Waals surface area contributed by atoms with Crippen LogP contribution in [0.15, 0.2) is 104 Å². The lowest BCUT2D eigenvalue weighted by atomic mass is 10.2. The maximum Gasteiger partial charge on any atom is 0.255 e. The van der Waals surface area contributed by atoms with Crippen molar-refractivity contribution in [3.05, 3.63) is 100 Å². The van der Waals surface area contributed by atoms with E-state index in [1.54, 1.807) is 22.7 Å². The first-order valence-corrected chi connectivity index (χ1v) is 11.5. The minimum absolute atomic E-state index is 0.171. The van der Waals surface area contributed by atoms with Gasteiger partial charge in [-0.25, -0.2) is 0 Å². The molecule has 3 nitrogen and oxygen atoms in total. The molecule has 31 heavy (non-hydrogen) atoms. The standard InChI is InChI=1S/C25H15BrClNO2S/c26-19-6-2-1-5-18(19)22-12-10-17(30-22)11-14-25(29)28-20-7-3-4-8-23(20)31-24-13-9-16(27)15-21(24)28/h1-15H/b14-11+. The Morgan fingerprint density at radius 2 is 1.71 bits per heavy atom. The number of anilines is 2. The molecule has 152 valence electrons. The van der Waals surface area contributed by atoms with Gasteiger partial charge in [0.25, 0.3) is 5.91 Å². The molecule has 0 saturated heterocycles. The fourth-order valence-electron chi connectivity index (χ4n) is 3.44. The maximum absolute atomic E-state index is 13.3. The summed E-state index contributed by atoms with van der Waals surface area (Å²) in [5.41, 5.74) is 2.57. The summed E-state index contributed by atoms with van der Waals surface area (Å²) in [6.07, 6.45) is 3.22. The molecule has 0 aliphatic carbocycles. The molecule has 0 bridgehead atoms. The van der Waals surface area contributed by atoms with Gasteiger partial charge in [-0.05, 0) is 54.6 Å². The van der Waals surface area contributed by atoms with Crippen molar-refractivity contribution in [2.75, 3.05) is 4.90 Å². The highest BCUT2D eigenvalue weighted by Gasteiger charge is 2.27. The summed E-state index contributed by atoms with van der Waals surface area (Å²) in [5.74, 6) is 1.16. The van der Waals surface area contributed by atoms with Gasteiger partial charge in [-0.1, -0.05) is 69.6 Å². The van der Waals surface area contributed by atoms with Crippen molar-refractivity contribution in [2.45, 2.75) is 9.79 Å². The lowest BCUT2D eigenvalue weighted by Gasteiger charge is -2.30. The van der Waals surface area contributed by atoms with E-state index in [1.807, 2.05) is 78.9 Å². The van der Waals surface area contributed by atoms with Crippen LogP contribution in [0, 0.1) is 0 Å². The number of benzene rings is 3. The maximum atomic E-state index is 13.3. The lowest BCUT2D eigenvalue weighted by Crippen LogP contribution is -2.26. The second-order valence-corrected chi connectivity index (χ2v) is 9.25. The quantitative estimate of drug-likeness (QED) is 0.261. The van der Waals surface area contributed by atoms with E-state index in [0.29, 0.717) is 10.8 Å². The molecule has 1 aliphatic heterocycles. The highest BCUT2D eigenvalue weighted by molar-refractivity contribution is 9.10. The summed E-state index contributed by atoms with van der Waals surface area (Å²) in [6, 6.07) is 25.0. The fourth-order valence-corrected chi connectivity index (χ4v) is 5.13. The van der Waals surface area contributed by atoms with E-state index in [9.17, 15) is 4.79 Å². The SMILES string of the molecule is O=C(/C=C/c1ccc(-c2ccccc2Br)o1)N1c2ccccc2Sc2ccc(Cl)cc21. The van der Waals surface area contributed by atoms with Crippen LogP contribution >= 0.6 is 39.3 Å². The van der Waals surface area contributed by atoms with Gasteiger partial charge in [0.2, 0.25) is 0 Å². The molecule has 0 N–H and O–H groups in total. The van der Waals surface area contributed by atoms with Crippen LogP contribution in [0.5, 0.6) is 0 Å². The second kappa shape index (κ2) is 8.42. The molecule has 4 aromatic rings. The molecular formula is C25H15BrClNO2S. The van der Waals surface area contributed by atoms with Gasteiger partial charge < -0.3 is 4.42 Å². The van der Waals surface area contributed by atoms with E-state index in [1.165, 1.54) is 6.08 Å². The molecule has 1 aromatic heterocycles. The third-order valence-corrected chi connectivity index (χ3v) is 6.92. The van der Waals surface area contributed by atoms with Gasteiger partial charge in [0.15, 0.2) is 0 Å². The summed E-state index contributed by atoms with van der Waals surface area (Å²) in [5, 5.41) is 0.588. The predicted octanol–water partition coefficient (Wildman–Crippen LogP) is 8.21. The molecule has 1 amide bonds. The Hall–Kier alpha value is -2.73. The summed E-state index contributed by atoms with van der Waals surface area (Å²) >= 11 is 11.4. The van der Waals surface area contributed by atoms with Gasteiger partial charge in [0.1, 0.15) is 11.5 Å². The molecule has 0 atom stereocenters. The monoisotopic (exact) mass is 507 g/mol. The normalized spacial score (nSPS) is 12.6. The number of fused-ring (bicyclic) bond motifs is 2. The Morgan fingerprint density at radius 3 is 2.58 bits per heavy atom. The summed E-state index contributed by atoms with van der Waals surface area (Å²) < 4.78 is 6.88. The van der Waals surface area contributed by atoms with Crippen LogP contribution in [0.2, 0.25) is 5.02 Å². The number of para-hydroxylation sites is 1. The summed E-state index contributed by atoms with van der Waals surface area (Å²) in [7, 11) is 0. The van der Waals surface area contributed by atoms with E-state index in [0.717, 1.165) is 37.0 Å². The third kappa shape index (κ3) is 3.97.